The molecule has 2 aromatic rings. The van der Waals surface area contributed by atoms with Crippen LogP contribution >= 0.6 is 0 Å². The van der Waals surface area contributed by atoms with Crippen molar-refractivity contribution in [3.05, 3.63) is 11.6 Å². The molecule has 0 aromatic carbocycles. The molecule has 8 N–H and O–H groups in total. The third kappa shape index (κ3) is 6.07. The third-order valence-corrected chi connectivity index (χ3v) is 4.98. The minimum Gasteiger partial charge on any atom is -0.396 e. The summed E-state index contributed by atoms with van der Waals surface area (Å²) in [5.74, 6) is 2.72. The first-order chi connectivity index (χ1) is 14.6. The molecule has 2 atom stereocenters. The average molecular weight is 419 g/mol. The van der Waals surface area contributed by atoms with E-state index in [1.807, 2.05) is 0 Å². The summed E-state index contributed by atoms with van der Waals surface area (Å²) < 4.78 is 0. The van der Waals surface area contributed by atoms with Crippen LogP contribution in [0.1, 0.15) is 62.0 Å². The van der Waals surface area contributed by atoms with Crippen LogP contribution in [-0.4, -0.2) is 66.4 Å². The molecule has 2 aromatic heterocycles. The summed E-state index contributed by atoms with van der Waals surface area (Å²) in [5, 5.41) is 24.0. The molecule has 0 amide bonds. The van der Waals surface area contributed by atoms with E-state index < -0.39 is 0 Å². The molecule has 1 saturated carbocycles. The number of nitrogens with two attached hydrogens (primary N) is 2. The first-order valence-electron chi connectivity index (χ1n) is 10.3. The molecule has 0 saturated heterocycles. The molecule has 30 heavy (non-hydrogen) atoms. The maximum Gasteiger partial charge on any atom is 0.227 e. The Morgan fingerprint density at radius 2 is 1.20 bits per heavy atom. The minimum atomic E-state index is 0.0939. The van der Waals surface area contributed by atoms with Gasteiger partial charge < -0.3 is 32.3 Å². The quantitative estimate of drug-likeness (QED) is 0.288. The summed E-state index contributed by atoms with van der Waals surface area (Å²) in [6.07, 6.45) is 4.84. The smallest absolute Gasteiger partial charge is 0.227 e. The zero-order chi connectivity index (χ0) is 21.3. The van der Waals surface area contributed by atoms with Gasteiger partial charge in [0.15, 0.2) is 0 Å². The van der Waals surface area contributed by atoms with Gasteiger partial charge in [-0.2, -0.15) is 29.9 Å². The summed E-state index contributed by atoms with van der Waals surface area (Å²) in [4.78, 5) is 26.0. The monoisotopic (exact) mass is 418 g/mol. The van der Waals surface area contributed by atoms with Crippen LogP contribution in [-0.2, 0) is 0 Å². The van der Waals surface area contributed by atoms with Crippen LogP contribution in [0.4, 0.5) is 23.8 Å². The lowest BCUT2D eigenvalue weighted by molar-refractivity contribution is 0.292. The van der Waals surface area contributed by atoms with Crippen LogP contribution in [0.15, 0.2) is 0 Å². The molecule has 1 aliphatic rings. The normalized spacial score (nSPS) is 18.9. The SMILES string of the molecule is Nc1nc(NCCCO)nc(C2CCCC(c3nc(N)nc(NCCCO)n3)C2)n1. The molecule has 164 valence electrons. The lowest BCUT2D eigenvalue weighted by Crippen LogP contribution is -2.20. The fourth-order valence-corrected chi connectivity index (χ4v) is 3.56. The highest BCUT2D eigenvalue weighted by atomic mass is 16.3. The van der Waals surface area contributed by atoms with Gasteiger partial charge in [-0.15, -0.1) is 0 Å². The maximum atomic E-state index is 8.94. The number of anilines is 4. The summed E-state index contributed by atoms with van der Waals surface area (Å²) in [7, 11) is 0. The third-order valence-electron chi connectivity index (χ3n) is 4.98. The number of nitrogens with one attached hydrogen (secondary N) is 2. The second kappa shape index (κ2) is 10.8. The standard InChI is InChI=1S/C18H30N10O2/c19-15-23-13(25-17(27-15)21-6-2-8-29)11-4-1-5-12(10-11)14-24-16(20)28-18(26-14)22-7-3-9-30/h11-12,29-30H,1-10H2,(H3,19,21,23,25,27)(H3,20,22,24,26,28). The first-order valence-corrected chi connectivity index (χ1v) is 10.3. The Balaban J connectivity index is 1.72. The van der Waals surface area contributed by atoms with Crippen molar-refractivity contribution in [2.75, 3.05) is 48.4 Å². The molecule has 3 rings (SSSR count). The molecular formula is C18H30N10O2. The fourth-order valence-electron chi connectivity index (χ4n) is 3.56. The van der Waals surface area contributed by atoms with Gasteiger partial charge >= 0.3 is 0 Å². The van der Waals surface area contributed by atoms with Crippen LogP contribution < -0.4 is 22.1 Å². The summed E-state index contributed by atoms with van der Waals surface area (Å²) in [6.45, 7) is 1.30. The van der Waals surface area contributed by atoms with E-state index in [0.29, 0.717) is 49.5 Å². The van der Waals surface area contributed by atoms with E-state index in [-0.39, 0.29) is 36.9 Å². The van der Waals surface area contributed by atoms with Crippen molar-refractivity contribution in [1.29, 1.82) is 0 Å². The van der Waals surface area contributed by atoms with Crippen molar-refractivity contribution >= 4 is 23.8 Å². The lowest BCUT2D eigenvalue weighted by atomic mass is 9.80. The van der Waals surface area contributed by atoms with Crippen molar-refractivity contribution in [3.63, 3.8) is 0 Å². The van der Waals surface area contributed by atoms with Crippen LogP contribution in [0.2, 0.25) is 0 Å². The minimum absolute atomic E-state index is 0.0939. The fraction of sp³-hybridized carbons (Fsp3) is 0.667. The molecule has 0 bridgehead atoms. The van der Waals surface area contributed by atoms with Crippen molar-refractivity contribution < 1.29 is 10.2 Å². The Labute approximate surface area is 175 Å². The highest BCUT2D eigenvalue weighted by Crippen LogP contribution is 2.39. The highest BCUT2D eigenvalue weighted by molar-refractivity contribution is 5.33. The molecule has 12 nitrogen and oxygen atoms in total. The van der Waals surface area contributed by atoms with Crippen molar-refractivity contribution in [2.45, 2.75) is 50.4 Å². The lowest BCUT2D eigenvalue weighted by Gasteiger charge is -2.27. The van der Waals surface area contributed by atoms with Gasteiger partial charge in [-0.3, -0.25) is 0 Å². The van der Waals surface area contributed by atoms with Gasteiger partial charge in [0, 0.05) is 38.1 Å². The van der Waals surface area contributed by atoms with Crippen molar-refractivity contribution in [2.24, 2.45) is 0 Å². The molecule has 1 aliphatic carbocycles. The Kier molecular flexibility index (Phi) is 7.85. The van der Waals surface area contributed by atoms with E-state index in [4.69, 9.17) is 21.7 Å². The second-order valence-corrected chi connectivity index (χ2v) is 7.32. The molecule has 2 unspecified atom stereocenters. The zero-order valence-corrected chi connectivity index (χ0v) is 17.0. The molecule has 0 aliphatic heterocycles. The summed E-state index contributed by atoms with van der Waals surface area (Å²) in [5.41, 5.74) is 11.8. The van der Waals surface area contributed by atoms with Gasteiger partial charge in [-0.1, -0.05) is 6.42 Å². The molecular weight excluding hydrogens is 388 g/mol. The Bertz CT molecular complexity index is 756. The zero-order valence-electron chi connectivity index (χ0n) is 17.0. The van der Waals surface area contributed by atoms with Gasteiger partial charge in [-0.05, 0) is 32.1 Å². The van der Waals surface area contributed by atoms with E-state index in [1.165, 1.54) is 0 Å². The number of aliphatic hydroxyl groups is 2. The number of hydrogen-bond acceptors (Lipinski definition) is 12. The number of hydrogen-bond donors (Lipinski definition) is 6. The number of aliphatic hydroxyl groups excluding tert-OH is 2. The van der Waals surface area contributed by atoms with Gasteiger partial charge in [0.05, 0.1) is 0 Å². The van der Waals surface area contributed by atoms with E-state index in [9.17, 15) is 0 Å². The van der Waals surface area contributed by atoms with E-state index >= 15 is 0 Å². The van der Waals surface area contributed by atoms with Crippen molar-refractivity contribution in [3.8, 4) is 0 Å². The van der Waals surface area contributed by atoms with Crippen LogP contribution in [0.25, 0.3) is 0 Å². The van der Waals surface area contributed by atoms with E-state index in [0.717, 1.165) is 25.7 Å². The van der Waals surface area contributed by atoms with Gasteiger partial charge in [0.2, 0.25) is 23.8 Å². The molecule has 0 spiro atoms. The number of nitrogen functional groups attached to an aromatic ring is 2. The number of rotatable bonds is 10. The largest absolute Gasteiger partial charge is 0.396 e. The number of nitrogens with zero attached hydrogens (tertiary/aromatic N) is 6. The van der Waals surface area contributed by atoms with E-state index in [1.54, 1.807) is 0 Å². The predicted molar refractivity (Wildman–Crippen MR) is 113 cm³/mol. The highest BCUT2D eigenvalue weighted by Gasteiger charge is 2.29. The molecule has 1 fully saturated rings. The van der Waals surface area contributed by atoms with Gasteiger partial charge in [0.1, 0.15) is 11.6 Å². The van der Waals surface area contributed by atoms with Gasteiger partial charge in [-0.25, -0.2) is 0 Å². The van der Waals surface area contributed by atoms with Crippen LogP contribution in [0.5, 0.6) is 0 Å². The Morgan fingerprint density at radius 1 is 0.733 bits per heavy atom. The summed E-state index contributed by atoms with van der Waals surface area (Å²) >= 11 is 0. The molecule has 0 radical (unpaired) electrons. The Hall–Kier alpha value is -2.86. The maximum absolute atomic E-state index is 8.94. The topological polar surface area (TPSA) is 194 Å². The molecule has 2 heterocycles. The van der Waals surface area contributed by atoms with Crippen LogP contribution in [0.3, 0.4) is 0 Å². The Morgan fingerprint density at radius 3 is 1.63 bits per heavy atom. The van der Waals surface area contributed by atoms with Gasteiger partial charge in [0.25, 0.3) is 0 Å². The average Bonchev–Trinajstić information content (AvgIpc) is 2.73. The summed E-state index contributed by atoms with van der Waals surface area (Å²) in [6, 6.07) is 0. The van der Waals surface area contributed by atoms with E-state index in [2.05, 4.69) is 40.5 Å². The van der Waals surface area contributed by atoms with Crippen LogP contribution in [0, 0.1) is 0 Å². The molecule has 12 heteroatoms. The first kappa shape index (κ1) is 21.8. The number of aromatic nitrogens is 6. The predicted octanol–water partition coefficient (Wildman–Crippen LogP) is 0.251. The second-order valence-electron chi connectivity index (χ2n) is 7.32. The van der Waals surface area contributed by atoms with Crippen molar-refractivity contribution in [1.82, 2.24) is 29.9 Å².